The summed E-state index contributed by atoms with van der Waals surface area (Å²) in [6.07, 6.45) is 3.28. The highest BCUT2D eigenvalue weighted by Gasteiger charge is 2.14. The molecule has 1 aromatic heterocycles. The van der Waals surface area contributed by atoms with Gasteiger partial charge in [0.15, 0.2) is 0 Å². The fourth-order valence-corrected chi connectivity index (χ4v) is 4.63. The van der Waals surface area contributed by atoms with Crippen molar-refractivity contribution in [1.82, 2.24) is 4.72 Å². The number of nitrogens with one attached hydrogen (secondary N) is 2. The molecule has 1 heterocycles. The molecule has 0 aliphatic carbocycles. The second-order valence-corrected chi connectivity index (χ2v) is 9.05. The van der Waals surface area contributed by atoms with E-state index in [0.29, 0.717) is 11.3 Å². The molecule has 0 saturated carbocycles. The Labute approximate surface area is 180 Å². The summed E-state index contributed by atoms with van der Waals surface area (Å²) in [5.74, 6) is -0.313. The molecular formula is C24H22N2O4S. The van der Waals surface area contributed by atoms with Crippen molar-refractivity contribution < 1.29 is 17.6 Å². The van der Waals surface area contributed by atoms with E-state index >= 15 is 0 Å². The fourth-order valence-electron chi connectivity index (χ4n) is 3.52. The van der Waals surface area contributed by atoms with Crippen molar-refractivity contribution in [2.75, 3.05) is 11.9 Å². The molecule has 158 valence electrons. The molecule has 0 atom stereocenters. The van der Waals surface area contributed by atoms with Gasteiger partial charge in [-0.1, -0.05) is 48.5 Å². The van der Waals surface area contributed by atoms with Gasteiger partial charge in [-0.3, -0.25) is 4.79 Å². The van der Waals surface area contributed by atoms with Gasteiger partial charge in [-0.2, -0.15) is 0 Å². The highest BCUT2D eigenvalue weighted by atomic mass is 32.2. The topological polar surface area (TPSA) is 88.4 Å². The third-order valence-corrected chi connectivity index (χ3v) is 6.25. The lowest BCUT2D eigenvalue weighted by Gasteiger charge is -2.08. The van der Waals surface area contributed by atoms with Crippen LogP contribution >= 0.6 is 0 Å². The van der Waals surface area contributed by atoms with Crippen molar-refractivity contribution in [2.24, 2.45) is 0 Å². The number of anilines is 1. The number of sulfonamides is 1. The Morgan fingerprint density at radius 2 is 1.81 bits per heavy atom. The zero-order chi connectivity index (χ0) is 21.8. The Morgan fingerprint density at radius 1 is 1.03 bits per heavy atom. The summed E-state index contributed by atoms with van der Waals surface area (Å²) in [6.45, 7) is 3.68. The van der Waals surface area contributed by atoms with E-state index < -0.39 is 10.0 Å². The average Bonchev–Trinajstić information content (AvgIpc) is 3.16. The van der Waals surface area contributed by atoms with Crippen molar-refractivity contribution in [3.8, 4) is 0 Å². The lowest BCUT2D eigenvalue weighted by atomic mass is 10.0. The van der Waals surface area contributed by atoms with Crippen LogP contribution in [0.2, 0.25) is 0 Å². The molecule has 0 saturated heterocycles. The number of carbonyl (C=O) groups is 1. The minimum Gasteiger partial charge on any atom is -0.464 e. The Bertz CT molecular complexity index is 1360. The van der Waals surface area contributed by atoms with Crippen LogP contribution in [0.1, 0.15) is 11.1 Å². The van der Waals surface area contributed by atoms with Crippen LogP contribution in [0.4, 0.5) is 5.69 Å². The highest BCUT2D eigenvalue weighted by Crippen LogP contribution is 2.30. The van der Waals surface area contributed by atoms with Crippen molar-refractivity contribution in [3.63, 3.8) is 0 Å². The van der Waals surface area contributed by atoms with E-state index in [-0.39, 0.29) is 24.6 Å². The first-order chi connectivity index (χ1) is 14.9. The van der Waals surface area contributed by atoms with Gasteiger partial charge in [-0.05, 0) is 34.5 Å². The maximum absolute atomic E-state index is 12.6. The Hall–Kier alpha value is -3.42. The summed E-state index contributed by atoms with van der Waals surface area (Å²) in [7, 11) is -3.42. The second kappa shape index (κ2) is 8.75. The van der Waals surface area contributed by atoms with Crippen LogP contribution < -0.4 is 10.0 Å². The largest absolute Gasteiger partial charge is 0.464 e. The van der Waals surface area contributed by atoms with Gasteiger partial charge in [0, 0.05) is 23.2 Å². The van der Waals surface area contributed by atoms with Gasteiger partial charge in [-0.15, -0.1) is 6.58 Å². The lowest BCUT2D eigenvalue weighted by Crippen LogP contribution is -2.25. The number of benzene rings is 3. The van der Waals surface area contributed by atoms with Crippen LogP contribution in [0.5, 0.6) is 0 Å². The number of carbonyl (C=O) groups excluding carboxylic acids is 1. The van der Waals surface area contributed by atoms with Crippen LogP contribution in [0.25, 0.3) is 21.7 Å². The Kier molecular flexibility index (Phi) is 5.88. The van der Waals surface area contributed by atoms with Crippen molar-refractivity contribution >= 4 is 43.4 Å². The smallest absolute Gasteiger partial charge is 0.228 e. The SMILES string of the molecule is C=CCNS(=O)(=O)Cc1ccc(NC(=O)Cc2coc3ccc4ccccc4c23)cc1. The molecule has 4 aromatic rings. The first kappa shape index (κ1) is 20.8. The molecule has 2 N–H and O–H groups in total. The average molecular weight is 435 g/mol. The summed E-state index contributed by atoms with van der Waals surface area (Å²) < 4.78 is 32.0. The van der Waals surface area contributed by atoms with Crippen LogP contribution in [-0.4, -0.2) is 20.9 Å². The number of furan rings is 1. The van der Waals surface area contributed by atoms with E-state index in [0.717, 1.165) is 27.3 Å². The van der Waals surface area contributed by atoms with Crippen molar-refractivity contribution in [3.05, 3.63) is 90.7 Å². The molecule has 0 unspecified atom stereocenters. The molecule has 0 radical (unpaired) electrons. The molecule has 6 nitrogen and oxygen atoms in total. The van der Waals surface area contributed by atoms with Crippen LogP contribution in [-0.2, 0) is 27.0 Å². The molecule has 0 fully saturated rings. The van der Waals surface area contributed by atoms with E-state index in [1.807, 2.05) is 36.4 Å². The molecular weight excluding hydrogens is 412 g/mol. The quantitative estimate of drug-likeness (QED) is 0.403. The molecule has 0 bridgehead atoms. The second-order valence-electron chi connectivity index (χ2n) is 7.24. The minimum atomic E-state index is -3.42. The maximum Gasteiger partial charge on any atom is 0.228 e. The number of hydrogen-bond acceptors (Lipinski definition) is 4. The van der Waals surface area contributed by atoms with Crippen LogP contribution in [0.15, 0.2) is 84.0 Å². The Morgan fingerprint density at radius 3 is 2.58 bits per heavy atom. The van der Waals surface area contributed by atoms with Gasteiger partial charge >= 0.3 is 0 Å². The maximum atomic E-state index is 12.6. The molecule has 31 heavy (non-hydrogen) atoms. The normalized spacial score (nSPS) is 11.6. The van der Waals surface area contributed by atoms with E-state index in [4.69, 9.17) is 4.42 Å². The van der Waals surface area contributed by atoms with E-state index in [2.05, 4.69) is 16.6 Å². The predicted octanol–water partition coefficient (Wildman–Crippen LogP) is 4.37. The van der Waals surface area contributed by atoms with Gasteiger partial charge in [0.1, 0.15) is 5.58 Å². The number of amides is 1. The van der Waals surface area contributed by atoms with Gasteiger partial charge in [0.05, 0.1) is 18.4 Å². The van der Waals surface area contributed by atoms with E-state index in [1.165, 1.54) is 6.08 Å². The van der Waals surface area contributed by atoms with Gasteiger partial charge < -0.3 is 9.73 Å². The van der Waals surface area contributed by atoms with E-state index in [9.17, 15) is 13.2 Å². The minimum absolute atomic E-state index is 0.136. The molecule has 0 aliphatic heterocycles. The molecule has 7 heteroatoms. The summed E-state index contributed by atoms with van der Waals surface area (Å²) in [5.41, 5.74) is 2.79. The zero-order valence-corrected chi connectivity index (χ0v) is 17.6. The number of hydrogen-bond donors (Lipinski definition) is 2. The molecule has 4 rings (SSSR count). The van der Waals surface area contributed by atoms with E-state index in [1.54, 1.807) is 30.5 Å². The summed E-state index contributed by atoms with van der Waals surface area (Å²) in [5, 5.41) is 5.94. The van der Waals surface area contributed by atoms with Crippen molar-refractivity contribution in [2.45, 2.75) is 12.2 Å². The molecule has 0 spiro atoms. The monoisotopic (exact) mass is 434 g/mol. The summed E-state index contributed by atoms with van der Waals surface area (Å²) in [4.78, 5) is 12.6. The third-order valence-electron chi connectivity index (χ3n) is 4.93. The standard InChI is InChI=1S/C24H22N2O4S/c1-2-13-25-31(28,29)16-17-7-10-20(11-8-17)26-23(27)14-19-15-30-22-12-9-18-5-3-4-6-21(18)24(19)22/h2-12,15,25H,1,13-14,16H2,(H,26,27). The van der Waals surface area contributed by atoms with Crippen LogP contribution in [0.3, 0.4) is 0 Å². The predicted molar refractivity (Wildman–Crippen MR) is 123 cm³/mol. The summed E-state index contributed by atoms with van der Waals surface area (Å²) >= 11 is 0. The fraction of sp³-hybridized carbons (Fsp3) is 0.125. The number of fused-ring (bicyclic) bond motifs is 3. The van der Waals surface area contributed by atoms with Gasteiger partial charge in [0.2, 0.25) is 15.9 Å². The first-order valence-corrected chi connectivity index (χ1v) is 11.5. The third kappa shape index (κ3) is 4.84. The molecule has 0 aliphatic rings. The Balaban J connectivity index is 1.46. The summed E-state index contributed by atoms with van der Waals surface area (Å²) in [6, 6.07) is 18.7. The van der Waals surface area contributed by atoms with Crippen LogP contribution in [0, 0.1) is 0 Å². The molecule has 3 aromatic carbocycles. The van der Waals surface area contributed by atoms with Gasteiger partial charge in [-0.25, -0.2) is 13.1 Å². The zero-order valence-electron chi connectivity index (χ0n) is 16.8. The lowest BCUT2D eigenvalue weighted by molar-refractivity contribution is -0.115. The van der Waals surface area contributed by atoms with Gasteiger partial charge in [0.25, 0.3) is 0 Å². The molecule has 1 amide bonds. The first-order valence-electron chi connectivity index (χ1n) is 9.80. The van der Waals surface area contributed by atoms with Crippen molar-refractivity contribution in [1.29, 1.82) is 0 Å². The number of rotatable bonds is 8. The highest BCUT2D eigenvalue weighted by molar-refractivity contribution is 7.88.